The predicted octanol–water partition coefficient (Wildman–Crippen LogP) is 6.69. The third-order valence-electron chi connectivity index (χ3n) is 7.19. The van der Waals surface area contributed by atoms with E-state index >= 15 is 0 Å². The highest BCUT2D eigenvalue weighted by molar-refractivity contribution is 7.12. The maximum atomic E-state index is 14.2. The predicted molar refractivity (Wildman–Crippen MR) is 149 cm³/mol. The average molecular weight is 581 g/mol. The molecule has 1 N–H and O–H groups in total. The van der Waals surface area contributed by atoms with Crippen LogP contribution in [0.2, 0.25) is 5.02 Å². The van der Waals surface area contributed by atoms with Crippen molar-refractivity contribution in [3.8, 4) is 0 Å². The number of carbonyl (C=O) groups is 3. The van der Waals surface area contributed by atoms with Crippen LogP contribution in [0.5, 0.6) is 0 Å². The molecule has 0 bridgehead atoms. The van der Waals surface area contributed by atoms with Gasteiger partial charge in [0.2, 0.25) is 0 Å². The van der Waals surface area contributed by atoms with Crippen molar-refractivity contribution in [1.82, 2.24) is 4.90 Å². The van der Waals surface area contributed by atoms with Crippen molar-refractivity contribution in [1.29, 1.82) is 0 Å². The number of aliphatic carboxylic acids is 1. The fourth-order valence-corrected chi connectivity index (χ4v) is 6.98. The van der Waals surface area contributed by atoms with Gasteiger partial charge < -0.3 is 10.0 Å². The van der Waals surface area contributed by atoms with Gasteiger partial charge in [-0.1, -0.05) is 48.0 Å². The van der Waals surface area contributed by atoms with Crippen LogP contribution in [0, 0.1) is 16.0 Å². The van der Waals surface area contributed by atoms with Gasteiger partial charge in [-0.15, -0.1) is 22.7 Å². The Kier molecular flexibility index (Phi) is 7.11. The fraction of sp³-hybridized carbons (Fsp3) is 0.179. The standard InChI is InChI=1S/C28H21ClN2O6S2/c1-28(27(34)35)23(16-9-11-18(29)12-10-16)22(25(32)20-7-3-13-38-20)24(17-5-2-6-19(15-17)31(36)37)30(28)26(33)21-8-4-14-39-21/h2-15,22-24H,1H3,(H,34,35). The Morgan fingerprint density at radius 1 is 0.949 bits per heavy atom. The summed E-state index contributed by atoms with van der Waals surface area (Å²) in [5, 5.41) is 26.3. The third kappa shape index (κ3) is 4.54. The number of hydrogen-bond acceptors (Lipinski definition) is 7. The molecular formula is C28H21ClN2O6S2. The van der Waals surface area contributed by atoms with Crippen LogP contribution in [0.4, 0.5) is 5.69 Å². The number of rotatable bonds is 7. The van der Waals surface area contributed by atoms with Gasteiger partial charge >= 0.3 is 5.97 Å². The summed E-state index contributed by atoms with van der Waals surface area (Å²) in [7, 11) is 0. The van der Waals surface area contributed by atoms with E-state index in [1.54, 1.807) is 65.4 Å². The number of carboxylic acid groups (broad SMARTS) is 1. The molecule has 1 aliphatic rings. The van der Waals surface area contributed by atoms with E-state index in [1.165, 1.54) is 41.4 Å². The molecule has 4 unspecified atom stereocenters. The average Bonchev–Trinajstić information content (AvgIpc) is 3.69. The zero-order chi connectivity index (χ0) is 27.9. The summed E-state index contributed by atoms with van der Waals surface area (Å²) >= 11 is 8.50. The molecule has 4 atom stereocenters. The van der Waals surface area contributed by atoms with Gasteiger partial charge in [-0.2, -0.15) is 0 Å². The number of nitro groups is 1. The van der Waals surface area contributed by atoms with Crippen molar-refractivity contribution >= 4 is 57.6 Å². The Morgan fingerprint density at radius 2 is 1.59 bits per heavy atom. The fourth-order valence-electron chi connectivity index (χ4n) is 5.48. The number of carboxylic acids is 1. The lowest BCUT2D eigenvalue weighted by atomic mass is 9.72. The first-order valence-electron chi connectivity index (χ1n) is 11.8. The number of non-ortho nitro benzene ring substituents is 1. The Morgan fingerprint density at radius 3 is 2.15 bits per heavy atom. The number of likely N-dealkylation sites (tertiary alicyclic amines) is 1. The van der Waals surface area contributed by atoms with Gasteiger partial charge in [-0.05, 0) is 53.1 Å². The molecule has 1 amide bonds. The van der Waals surface area contributed by atoms with Crippen LogP contribution in [0.15, 0.2) is 83.6 Å². The molecule has 0 spiro atoms. The molecule has 1 aliphatic heterocycles. The van der Waals surface area contributed by atoms with Gasteiger partial charge in [0, 0.05) is 23.1 Å². The minimum Gasteiger partial charge on any atom is -0.479 e. The number of nitrogens with zero attached hydrogens (tertiary/aromatic N) is 2. The molecule has 0 aliphatic carbocycles. The zero-order valence-electron chi connectivity index (χ0n) is 20.4. The summed E-state index contributed by atoms with van der Waals surface area (Å²) in [6.45, 7) is 1.44. The van der Waals surface area contributed by atoms with Crippen LogP contribution in [0.1, 0.15) is 49.4 Å². The molecule has 0 saturated carbocycles. The first-order valence-corrected chi connectivity index (χ1v) is 14.0. The number of amides is 1. The van der Waals surface area contributed by atoms with Crippen LogP contribution in [-0.4, -0.2) is 38.1 Å². The van der Waals surface area contributed by atoms with E-state index < -0.39 is 40.2 Å². The normalized spacial score (nSPS) is 22.5. The second-order valence-electron chi connectivity index (χ2n) is 9.30. The van der Waals surface area contributed by atoms with E-state index in [4.69, 9.17) is 11.6 Å². The zero-order valence-corrected chi connectivity index (χ0v) is 22.8. The molecular weight excluding hydrogens is 560 g/mol. The molecule has 198 valence electrons. The number of benzene rings is 2. The van der Waals surface area contributed by atoms with Crippen LogP contribution >= 0.6 is 34.3 Å². The summed E-state index contributed by atoms with van der Waals surface area (Å²) in [5.74, 6) is -4.31. The first kappa shape index (κ1) is 26.7. The van der Waals surface area contributed by atoms with Gasteiger partial charge in [0.15, 0.2) is 5.78 Å². The largest absolute Gasteiger partial charge is 0.479 e. The lowest BCUT2D eigenvalue weighted by molar-refractivity contribution is -0.385. The highest BCUT2D eigenvalue weighted by Gasteiger charge is 2.65. The summed E-state index contributed by atoms with van der Waals surface area (Å²) in [6, 6.07) is 17.7. The molecule has 2 aromatic carbocycles. The molecule has 39 heavy (non-hydrogen) atoms. The molecule has 3 heterocycles. The van der Waals surface area contributed by atoms with Gasteiger partial charge in [0.1, 0.15) is 5.54 Å². The van der Waals surface area contributed by atoms with E-state index in [-0.39, 0.29) is 16.3 Å². The van der Waals surface area contributed by atoms with Crippen LogP contribution < -0.4 is 0 Å². The van der Waals surface area contributed by atoms with Crippen molar-refractivity contribution < 1.29 is 24.4 Å². The van der Waals surface area contributed by atoms with Crippen molar-refractivity contribution in [2.45, 2.75) is 24.4 Å². The van der Waals surface area contributed by atoms with Gasteiger partial charge in [0.25, 0.3) is 11.6 Å². The maximum Gasteiger partial charge on any atom is 0.330 e. The van der Waals surface area contributed by atoms with Crippen molar-refractivity contribution in [2.24, 2.45) is 5.92 Å². The van der Waals surface area contributed by atoms with Gasteiger partial charge in [0.05, 0.1) is 26.6 Å². The number of ketones is 1. The SMILES string of the molecule is CC1(C(=O)O)C(c2ccc(Cl)cc2)C(C(=O)c2cccs2)C(c2cccc([N+](=O)[O-])c2)N1C(=O)c1cccs1. The Bertz CT molecular complexity index is 1560. The molecule has 2 aromatic heterocycles. The quantitative estimate of drug-likeness (QED) is 0.148. The lowest BCUT2D eigenvalue weighted by Crippen LogP contribution is -2.54. The first-order chi connectivity index (χ1) is 18.6. The number of hydrogen-bond donors (Lipinski definition) is 1. The van der Waals surface area contributed by atoms with E-state index in [0.29, 0.717) is 21.0 Å². The molecule has 0 radical (unpaired) electrons. The monoisotopic (exact) mass is 580 g/mol. The summed E-state index contributed by atoms with van der Waals surface area (Å²) in [5.41, 5.74) is -1.32. The maximum absolute atomic E-state index is 14.2. The molecule has 1 saturated heterocycles. The third-order valence-corrected chi connectivity index (χ3v) is 9.18. The number of carbonyl (C=O) groups excluding carboxylic acids is 2. The second-order valence-corrected chi connectivity index (χ2v) is 11.6. The van der Waals surface area contributed by atoms with E-state index in [0.717, 1.165) is 11.3 Å². The van der Waals surface area contributed by atoms with E-state index in [9.17, 15) is 29.6 Å². The molecule has 8 nitrogen and oxygen atoms in total. The second kappa shape index (κ2) is 10.4. The summed E-state index contributed by atoms with van der Waals surface area (Å²) in [6.07, 6.45) is 0. The lowest BCUT2D eigenvalue weighted by Gasteiger charge is -2.37. The van der Waals surface area contributed by atoms with Gasteiger partial charge in [-0.3, -0.25) is 19.7 Å². The number of thiophene rings is 2. The van der Waals surface area contributed by atoms with Crippen LogP contribution in [0.3, 0.4) is 0 Å². The van der Waals surface area contributed by atoms with E-state index in [1.807, 2.05) is 0 Å². The number of halogens is 1. The number of Topliss-reactive ketones (excluding diaryl/α,β-unsaturated/α-hetero) is 1. The Hall–Kier alpha value is -3.86. The topological polar surface area (TPSA) is 118 Å². The van der Waals surface area contributed by atoms with Crippen LogP contribution in [-0.2, 0) is 4.79 Å². The molecule has 4 aromatic rings. The van der Waals surface area contributed by atoms with Crippen molar-refractivity contribution in [3.63, 3.8) is 0 Å². The smallest absolute Gasteiger partial charge is 0.330 e. The van der Waals surface area contributed by atoms with Crippen molar-refractivity contribution in [3.05, 3.63) is 120 Å². The highest BCUT2D eigenvalue weighted by atomic mass is 35.5. The molecule has 5 rings (SSSR count). The molecule has 11 heteroatoms. The van der Waals surface area contributed by atoms with Crippen molar-refractivity contribution in [2.75, 3.05) is 0 Å². The Labute approximate surface area is 236 Å². The van der Waals surface area contributed by atoms with E-state index in [2.05, 4.69) is 0 Å². The highest BCUT2D eigenvalue weighted by Crippen LogP contribution is 2.57. The summed E-state index contributed by atoms with van der Waals surface area (Å²) in [4.78, 5) is 54.6. The van der Waals surface area contributed by atoms with Crippen LogP contribution in [0.25, 0.3) is 0 Å². The Balaban J connectivity index is 1.84. The number of nitro benzene ring substituents is 1. The molecule has 1 fully saturated rings. The minimum absolute atomic E-state index is 0.231. The minimum atomic E-state index is -1.90. The van der Waals surface area contributed by atoms with Gasteiger partial charge in [-0.25, -0.2) is 4.79 Å². The summed E-state index contributed by atoms with van der Waals surface area (Å²) < 4.78 is 0.